The summed E-state index contributed by atoms with van der Waals surface area (Å²) < 4.78 is 5.34. The van der Waals surface area contributed by atoms with Crippen LogP contribution in [0.15, 0.2) is 24.3 Å². The predicted octanol–water partition coefficient (Wildman–Crippen LogP) is 2.31. The highest BCUT2D eigenvalue weighted by molar-refractivity contribution is 9.08. The van der Waals surface area contributed by atoms with Crippen LogP contribution < -0.4 is 4.90 Å². The van der Waals surface area contributed by atoms with Crippen LogP contribution in [0.3, 0.4) is 0 Å². The highest BCUT2D eigenvalue weighted by Crippen LogP contribution is 2.24. The van der Waals surface area contributed by atoms with Gasteiger partial charge in [-0.2, -0.15) is 5.26 Å². The molecule has 1 unspecified atom stereocenters. The second-order valence-electron chi connectivity index (χ2n) is 3.70. The Morgan fingerprint density at radius 1 is 1.50 bits per heavy atom. The highest BCUT2D eigenvalue weighted by atomic mass is 79.9. The van der Waals surface area contributed by atoms with E-state index >= 15 is 0 Å². The minimum atomic E-state index is -0.308. The van der Waals surface area contributed by atoms with E-state index < -0.39 is 0 Å². The maximum absolute atomic E-state index is 8.87. The fourth-order valence-electron chi connectivity index (χ4n) is 1.88. The first-order chi connectivity index (χ1) is 7.85. The van der Waals surface area contributed by atoms with E-state index in [1.165, 1.54) is 11.3 Å². The molecule has 0 saturated carbocycles. The third-order valence-electron chi connectivity index (χ3n) is 2.69. The Kier molecular flexibility index (Phi) is 3.81. The molecule has 0 aromatic heterocycles. The van der Waals surface area contributed by atoms with Gasteiger partial charge in [-0.1, -0.05) is 34.1 Å². The standard InChI is InChI=1S/C12H13BrN2O/c13-7-10-3-1-2-4-12(10)15-5-6-16-11(8-14)9-15/h1-4,11H,5-7,9H2. The van der Waals surface area contributed by atoms with Gasteiger partial charge in [-0.15, -0.1) is 0 Å². The SMILES string of the molecule is N#CC1CN(c2ccccc2CBr)CCO1. The number of nitriles is 1. The zero-order chi connectivity index (χ0) is 11.4. The van der Waals surface area contributed by atoms with Crippen molar-refractivity contribution < 1.29 is 4.74 Å². The molecular weight excluding hydrogens is 268 g/mol. The molecule has 1 atom stereocenters. The van der Waals surface area contributed by atoms with Crippen LogP contribution in [0.2, 0.25) is 0 Å². The molecule has 0 radical (unpaired) electrons. The molecule has 4 heteroatoms. The third-order valence-corrected chi connectivity index (χ3v) is 3.29. The number of ether oxygens (including phenoxy) is 1. The van der Waals surface area contributed by atoms with Crippen LogP contribution in [0.1, 0.15) is 5.56 Å². The summed E-state index contributed by atoms with van der Waals surface area (Å²) in [5.41, 5.74) is 2.45. The average Bonchev–Trinajstić information content (AvgIpc) is 2.38. The summed E-state index contributed by atoms with van der Waals surface area (Å²) in [4.78, 5) is 2.22. The van der Waals surface area contributed by atoms with E-state index in [0.29, 0.717) is 13.2 Å². The van der Waals surface area contributed by atoms with Crippen LogP contribution in [-0.2, 0) is 10.1 Å². The van der Waals surface area contributed by atoms with Crippen molar-refractivity contribution in [3.05, 3.63) is 29.8 Å². The number of anilines is 1. The van der Waals surface area contributed by atoms with Crippen molar-refractivity contribution in [1.29, 1.82) is 5.26 Å². The summed E-state index contributed by atoms with van der Waals surface area (Å²) in [6, 6.07) is 10.4. The Morgan fingerprint density at radius 3 is 3.06 bits per heavy atom. The van der Waals surface area contributed by atoms with E-state index in [-0.39, 0.29) is 6.10 Å². The van der Waals surface area contributed by atoms with Crippen LogP contribution in [0, 0.1) is 11.3 Å². The molecule has 1 aliphatic rings. The molecule has 1 saturated heterocycles. The van der Waals surface area contributed by atoms with Crippen molar-refractivity contribution in [2.24, 2.45) is 0 Å². The third kappa shape index (κ3) is 2.37. The van der Waals surface area contributed by atoms with Gasteiger partial charge in [0.1, 0.15) is 0 Å². The van der Waals surface area contributed by atoms with E-state index in [1.54, 1.807) is 0 Å². The van der Waals surface area contributed by atoms with E-state index in [9.17, 15) is 0 Å². The van der Waals surface area contributed by atoms with Crippen LogP contribution >= 0.6 is 15.9 Å². The number of nitrogens with zero attached hydrogens (tertiary/aromatic N) is 2. The van der Waals surface area contributed by atoms with Crippen molar-refractivity contribution in [2.75, 3.05) is 24.6 Å². The molecule has 1 fully saturated rings. The number of halogens is 1. The number of alkyl halides is 1. The minimum absolute atomic E-state index is 0.308. The van der Waals surface area contributed by atoms with Gasteiger partial charge >= 0.3 is 0 Å². The molecule has 3 nitrogen and oxygen atoms in total. The maximum Gasteiger partial charge on any atom is 0.161 e. The topological polar surface area (TPSA) is 36.3 Å². The summed E-state index contributed by atoms with van der Waals surface area (Å²) in [5, 5.41) is 9.70. The van der Waals surface area contributed by atoms with E-state index in [0.717, 1.165) is 11.9 Å². The van der Waals surface area contributed by atoms with E-state index in [2.05, 4.69) is 39.0 Å². The summed E-state index contributed by atoms with van der Waals surface area (Å²) in [7, 11) is 0. The first kappa shape index (κ1) is 11.4. The Morgan fingerprint density at radius 2 is 2.31 bits per heavy atom. The van der Waals surface area contributed by atoms with Crippen molar-refractivity contribution >= 4 is 21.6 Å². The van der Waals surface area contributed by atoms with Gasteiger partial charge in [-0.25, -0.2) is 0 Å². The lowest BCUT2D eigenvalue weighted by Crippen LogP contribution is -2.42. The molecule has 0 N–H and O–H groups in total. The Balaban J connectivity index is 2.20. The number of rotatable bonds is 2. The Labute approximate surface area is 104 Å². The van der Waals surface area contributed by atoms with E-state index in [1.807, 2.05) is 12.1 Å². The molecule has 1 aliphatic heterocycles. The van der Waals surface area contributed by atoms with Crippen molar-refractivity contribution in [3.63, 3.8) is 0 Å². The molecule has 16 heavy (non-hydrogen) atoms. The lowest BCUT2D eigenvalue weighted by Gasteiger charge is -2.32. The lowest BCUT2D eigenvalue weighted by atomic mass is 10.1. The molecule has 1 heterocycles. The van der Waals surface area contributed by atoms with Gasteiger partial charge in [0.2, 0.25) is 0 Å². The van der Waals surface area contributed by atoms with Crippen LogP contribution in [-0.4, -0.2) is 25.8 Å². The predicted molar refractivity (Wildman–Crippen MR) is 66.6 cm³/mol. The molecule has 0 spiro atoms. The van der Waals surface area contributed by atoms with Crippen molar-refractivity contribution in [3.8, 4) is 6.07 Å². The van der Waals surface area contributed by atoms with Crippen LogP contribution in [0.25, 0.3) is 0 Å². The Hall–Kier alpha value is -1.05. The molecule has 2 rings (SSSR count). The number of benzene rings is 1. The monoisotopic (exact) mass is 280 g/mol. The lowest BCUT2D eigenvalue weighted by molar-refractivity contribution is 0.0764. The second-order valence-corrected chi connectivity index (χ2v) is 4.26. The molecule has 0 aliphatic carbocycles. The van der Waals surface area contributed by atoms with E-state index in [4.69, 9.17) is 10.00 Å². The smallest absolute Gasteiger partial charge is 0.161 e. The summed E-state index contributed by atoms with van der Waals surface area (Å²) in [6.07, 6.45) is -0.308. The fourth-order valence-corrected chi connectivity index (χ4v) is 2.35. The van der Waals surface area contributed by atoms with Gasteiger partial charge in [-0.05, 0) is 11.6 Å². The second kappa shape index (κ2) is 5.33. The fraction of sp³-hybridized carbons (Fsp3) is 0.417. The maximum atomic E-state index is 8.87. The molecule has 1 aromatic rings. The quantitative estimate of drug-likeness (QED) is 0.780. The first-order valence-corrected chi connectivity index (χ1v) is 6.37. The zero-order valence-electron chi connectivity index (χ0n) is 8.90. The van der Waals surface area contributed by atoms with Gasteiger partial charge < -0.3 is 9.64 Å². The normalized spacial score (nSPS) is 20.5. The summed E-state index contributed by atoms with van der Waals surface area (Å²) in [5.74, 6) is 0. The number of para-hydroxylation sites is 1. The van der Waals surface area contributed by atoms with Crippen LogP contribution in [0.5, 0.6) is 0 Å². The van der Waals surface area contributed by atoms with Crippen LogP contribution in [0.4, 0.5) is 5.69 Å². The zero-order valence-corrected chi connectivity index (χ0v) is 10.5. The first-order valence-electron chi connectivity index (χ1n) is 5.25. The number of morpholine rings is 1. The number of hydrogen-bond donors (Lipinski definition) is 0. The average molecular weight is 281 g/mol. The Bertz CT molecular complexity index is 402. The largest absolute Gasteiger partial charge is 0.365 e. The minimum Gasteiger partial charge on any atom is -0.365 e. The highest BCUT2D eigenvalue weighted by Gasteiger charge is 2.21. The summed E-state index contributed by atoms with van der Waals surface area (Å²) >= 11 is 3.48. The van der Waals surface area contributed by atoms with Gasteiger partial charge in [-0.3, -0.25) is 0 Å². The molecule has 1 aromatic carbocycles. The van der Waals surface area contributed by atoms with Crippen molar-refractivity contribution in [2.45, 2.75) is 11.4 Å². The molecule has 0 amide bonds. The van der Waals surface area contributed by atoms with Gasteiger partial charge in [0.15, 0.2) is 6.10 Å². The molecule has 84 valence electrons. The molecule has 0 bridgehead atoms. The number of hydrogen-bond acceptors (Lipinski definition) is 3. The van der Waals surface area contributed by atoms with Crippen molar-refractivity contribution in [1.82, 2.24) is 0 Å². The molecular formula is C12H13BrN2O. The van der Waals surface area contributed by atoms with Gasteiger partial charge in [0.25, 0.3) is 0 Å². The summed E-state index contributed by atoms with van der Waals surface area (Å²) in [6.45, 7) is 2.12. The van der Waals surface area contributed by atoms with Gasteiger partial charge in [0, 0.05) is 17.6 Å². The van der Waals surface area contributed by atoms with Gasteiger partial charge in [0.05, 0.1) is 19.2 Å².